The molecule has 3 aromatic carbocycles. The average Bonchev–Trinajstić information content (AvgIpc) is 3.23. The summed E-state index contributed by atoms with van der Waals surface area (Å²) in [6.45, 7) is 4.21. The van der Waals surface area contributed by atoms with Crippen LogP contribution in [0.1, 0.15) is 68.6 Å². The molecule has 0 atom stereocenters. The van der Waals surface area contributed by atoms with E-state index in [-0.39, 0.29) is 23.9 Å². The van der Waals surface area contributed by atoms with Crippen molar-refractivity contribution >= 4 is 35.0 Å². The highest BCUT2D eigenvalue weighted by atomic mass is 35.5. The van der Waals surface area contributed by atoms with Gasteiger partial charge in [0.1, 0.15) is 23.7 Å². The maximum absolute atomic E-state index is 13.3. The Kier molecular flexibility index (Phi) is 6.75. The molecule has 0 saturated heterocycles. The van der Waals surface area contributed by atoms with E-state index in [0.29, 0.717) is 45.5 Å². The number of carbonyl (C=O) groups is 2. The molecule has 0 spiro atoms. The van der Waals surface area contributed by atoms with Gasteiger partial charge in [-0.25, -0.2) is 9.48 Å². The lowest BCUT2D eigenvalue weighted by Crippen LogP contribution is -2.10. The molecule has 9 heteroatoms. The van der Waals surface area contributed by atoms with Crippen molar-refractivity contribution in [2.45, 2.75) is 39.2 Å². The van der Waals surface area contributed by atoms with E-state index in [1.807, 2.05) is 19.9 Å². The van der Waals surface area contributed by atoms with Gasteiger partial charge in [-0.15, -0.1) is 5.10 Å². The Hall–Kier alpha value is -3.68. The van der Waals surface area contributed by atoms with Crippen molar-refractivity contribution in [1.29, 1.82) is 0 Å². The van der Waals surface area contributed by atoms with Gasteiger partial charge in [0.25, 0.3) is 0 Å². The number of fused-ring (bicyclic) bond motifs is 2. The molecule has 0 bridgehead atoms. The highest BCUT2D eigenvalue weighted by Crippen LogP contribution is 2.32. The van der Waals surface area contributed by atoms with E-state index >= 15 is 0 Å². The van der Waals surface area contributed by atoms with Gasteiger partial charge >= 0.3 is 5.97 Å². The van der Waals surface area contributed by atoms with Crippen molar-refractivity contribution in [3.8, 4) is 11.4 Å². The van der Waals surface area contributed by atoms with Crippen LogP contribution in [0.2, 0.25) is 10.0 Å². The van der Waals surface area contributed by atoms with Gasteiger partial charge < -0.3 is 9.84 Å². The van der Waals surface area contributed by atoms with Crippen molar-refractivity contribution in [1.82, 2.24) is 15.0 Å². The molecule has 0 unspecified atom stereocenters. The number of nitrogens with zero attached hydrogens (tertiary/aromatic N) is 3. The zero-order valence-electron chi connectivity index (χ0n) is 20.2. The normalized spacial score (nSPS) is 12.7. The fourth-order valence-electron chi connectivity index (χ4n) is 4.56. The van der Waals surface area contributed by atoms with E-state index in [1.165, 1.54) is 12.1 Å². The number of hydrogen-bond donors (Lipinski definition) is 1. The predicted octanol–water partition coefficient (Wildman–Crippen LogP) is 6.30. The molecule has 5 rings (SSSR count). The number of carboxylic acids is 1. The SMILES string of the molecule is CC(C)c1nnn(-c2c(Cl)cccc2Cl)c1COc1ccc2c(c1)CCc1ccc(C(=O)O)cc1C2=O. The van der Waals surface area contributed by atoms with Crippen molar-refractivity contribution in [2.24, 2.45) is 0 Å². The third kappa shape index (κ3) is 4.72. The van der Waals surface area contributed by atoms with Gasteiger partial charge in [0.2, 0.25) is 0 Å². The number of aromatic carboxylic acids is 1. The summed E-state index contributed by atoms with van der Waals surface area (Å²) in [5, 5.41) is 18.9. The number of benzene rings is 3. The first-order chi connectivity index (χ1) is 17.7. The Morgan fingerprint density at radius 2 is 1.76 bits per heavy atom. The largest absolute Gasteiger partial charge is 0.487 e. The monoisotopic (exact) mass is 535 g/mol. The second kappa shape index (κ2) is 10.00. The van der Waals surface area contributed by atoms with Crippen molar-refractivity contribution in [3.63, 3.8) is 0 Å². The zero-order valence-corrected chi connectivity index (χ0v) is 21.7. The molecule has 0 saturated carbocycles. The number of aromatic nitrogens is 3. The molecule has 4 aromatic rings. The lowest BCUT2D eigenvalue weighted by molar-refractivity contribution is 0.0697. The Bertz CT molecular complexity index is 1520. The van der Waals surface area contributed by atoms with Gasteiger partial charge in [-0.1, -0.05) is 54.4 Å². The maximum Gasteiger partial charge on any atom is 0.335 e. The highest BCUT2D eigenvalue weighted by Gasteiger charge is 2.24. The van der Waals surface area contributed by atoms with Crippen LogP contribution in [0, 0.1) is 0 Å². The number of ether oxygens (including phenoxy) is 1. The van der Waals surface area contributed by atoms with Crippen LogP contribution >= 0.6 is 23.2 Å². The van der Waals surface area contributed by atoms with E-state index in [4.69, 9.17) is 27.9 Å². The summed E-state index contributed by atoms with van der Waals surface area (Å²) < 4.78 is 7.79. The number of hydrogen-bond acceptors (Lipinski definition) is 5. The minimum Gasteiger partial charge on any atom is -0.487 e. The van der Waals surface area contributed by atoms with Gasteiger partial charge in [0.05, 0.1) is 21.3 Å². The van der Waals surface area contributed by atoms with Gasteiger partial charge in [0, 0.05) is 11.1 Å². The summed E-state index contributed by atoms with van der Waals surface area (Å²) in [6, 6.07) is 15.3. The standard InChI is InChI=1S/C28H23Cl2N3O4/c1-15(2)25-24(33(32-31-25)26-22(29)4-3-5-23(26)30)14-37-19-10-11-20-17(12-19)8-6-16-7-9-18(28(35)36)13-21(16)27(20)34/h3-5,7,9-13,15H,6,8,14H2,1-2H3,(H,35,36). The Morgan fingerprint density at radius 3 is 2.46 bits per heavy atom. The molecule has 7 nitrogen and oxygen atoms in total. The van der Waals surface area contributed by atoms with Crippen LogP contribution in [-0.4, -0.2) is 31.9 Å². The molecule has 0 aliphatic heterocycles. The summed E-state index contributed by atoms with van der Waals surface area (Å²) in [5.41, 5.74) is 4.79. The highest BCUT2D eigenvalue weighted by molar-refractivity contribution is 6.37. The number of halogens is 2. The third-order valence-corrected chi connectivity index (χ3v) is 7.06. The van der Waals surface area contributed by atoms with Gasteiger partial charge in [-0.05, 0) is 72.4 Å². The van der Waals surface area contributed by atoms with Crippen LogP contribution in [0.25, 0.3) is 5.69 Å². The molecule has 0 fully saturated rings. The molecule has 1 heterocycles. The van der Waals surface area contributed by atoms with E-state index in [1.54, 1.807) is 41.1 Å². The van der Waals surface area contributed by atoms with Crippen LogP contribution in [0.15, 0.2) is 54.6 Å². The van der Waals surface area contributed by atoms with Crippen LogP contribution in [-0.2, 0) is 19.4 Å². The van der Waals surface area contributed by atoms with Crippen molar-refractivity contribution in [3.05, 3.63) is 104 Å². The molecule has 37 heavy (non-hydrogen) atoms. The van der Waals surface area contributed by atoms with Crippen molar-refractivity contribution in [2.75, 3.05) is 0 Å². The summed E-state index contributed by atoms with van der Waals surface area (Å²) >= 11 is 12.9. The molecule has 0 amide bonds. The molecule has 1 aromatic heterocycles. The van der Waals surface area contributed by atoms with E-state index < -0.39 is 5.97 Å². The number of carboxylic acid groups (broad SMARTS) is 1. The summed E-state index contributed by atoms with van der Waals surface area (Å²) in [4.78, 5) is 24.7. The third-order valence-electron chi connectivity index (χ3n) is 6.45. The number of aryl methyl sites for hydroxylation is 2. The van der Waals surface area contributed by atoms with Crippen LogP contribution in [0.3, 0.4) is 0 Å². The molecule has 1 N–H and O–H groups in total. The zero-order chi connectivity index (χ0) is 26.3. The number of carbonyl (C=O) groups excluding carboxylic acids is 1. The number of rotatable bonds is 6. The molecule has 0 radical (unpaired) electrons. The van der Waals surface area contributed by atoms with Crippen LogP contribution in [0.4, 0.5) is 0 Å². The fourth-order valence-corrected chi connectivity index (χ4v) is 5.12. The topological polar surface area (TPSA) is 94.3 Å². The summed E-state index contributed by atoms with van der Waals surface area (Å²) in [7, 11) is 0. The molecular weight excluding hydrogens is 513 g/mol. The minimum atomic E-state index is -1.06. The smallest absolute Gasteiger partial charge is 0.335 e. The minimum absolute atomic E-state index is 0.0903. The summed E-state index contributed by atoms with van der Waals surface area (Å²) in [6.07, 6.45) is 1.25. The fraction of sp³-hybridized carbons (Fsp3) is 0.214. The molecule has 188 valence electrons. The number of ketones is 1. The second-order valence-electron chi connectivity index (χ2n) is 9.17. The second-order valence-corrected chi connectivity index (χ2v) is 9.99. The lowest BCUT2D eigenvalue weighted by atomic mass is 9.97. The summed E-state index contributed by atoms with van der Waals surface area (Å²) in [5.74, 6) is -0.560. The van der Waals surface area contributed by atoms with Crippen molar-refractivity contribution < 1.29 is 19.4 Å². The quantitative estimate of drug-likeness (QED) is 0.311. The van der Waals surface area contributed by atoms with E-state index in [9.17, 15) is 14.7 Å². The first-order valence-corrected chi connectivity index (χ1v) is 12.6. The van der Waals surface area contributed by atoms with Crippen LogP contribution < -0.4 is 4.74 Å². The first kappa shape index (κ1) is 25.0. The number of para-hydroxylation sites is 1. The van der Waals surface area contributed by atoms with Gasteiger partial charge in [0.15, 0.2) is 5.78 Å². The predicted molar refractivity (Wildman–Crippen MR) is 140 cm³/mol. The average molecular weight is 536 g/mol. The molecular formula is C28H23Cl2N3O4. The molecule has 1 aliphatic rings. The lowest BCUT2D eigenvalue weighted by Gasteiger charge is -2.14. The van der Waals surface area contributed by atoms with Gasteiger partial charge in [-0.2, -0.15) is 0 Å². The Morgan fingerprint density at radius 1 is 1.03 bits per heavy atom. The Labute approximate surface area is 223 Å². The van der Waals surface area contributed by atoms with E-state index in [0.717, 1.165) is 22.5 Å². The van der Waals surface area contributed by atoms with Gasteiger partial charge in [-0.3, -0.25) is 4.79 Å². The Balaban J connectivity index is 1.45. The molecule has 1 aliphatic carbocycles. The maximum atomic E-state index is 13.3. The van der Waals surface area contributed by atoms with E-state index in [2.05, 4.69) is 10.3 Å². The van der Waals surface area contributed by atoms with Crippen LogP contribution in [0.5, 0.6) is 5.75 Å². The first-order valence-electron chi connectivity index (χ1n) is 11.8.